The molecule has 7 heteroatoms. The van der Waals surface area contributed by atoms with Crippen LogP contribution in [0, 0.1) is 0 Å². The highest BCUT2D eigenvalue weighted by Crippen LogP contribution is 2.13. The van der Waals surface area contributed by atoms with Gasteiger partial charge in [0, 0.05) is 0 Å². The first-order valence-corrected chi connectivity index (χ1v) is 7.54. The fourth-order valence-electron chi connectivity index (χ4n) is 2.48. The van der Waals surface area contributed by atoms with Gasteiger partial charge in [-0.05, 0) is 36.2 Å². The van der Waals surface area contributed by atoms with Crippen LogP contribution in [-0.2, 0) is 22.6 Å². The maximum Gasteiger partial charge on any atom is 0.323 e. The molecule has 2 N–H and O–H groups in total. The number of aromatic nitrogens is 3. The number of nitrogens with one attached hydrogen (secondary N) is 1. The Kier molecular flexibility index (Phi) is 4.72. The number of ether oxygens (including phenoxy) is 1. The molecule has 124 valence electrons. The Morgan fingerprint density at radius 1 is 1.25 bits per heavy atom. The first-order valence-electron chi connectivity index (χ1n) is 7.54. The van der Waals surface area contributed by atoms with E-state index in [0.717, 1.165) is 16.6 Å². The molecular formula is C17H18N4O3. The first kappa shape index (κ1) is 15.9. The topological polar surface area (TPSA) is 89.3 Å². The fourth-order valence-corrected chi connectivity index (χ4v) is 2.48. The minimum absolute atomic E-state index is 0.190. The SMILES string of the molecule is COC(=O)C(Cc1ccc(O)cc1)NCn1nnc2ccccc21. The summed E-state index contributed by atoms with van der Waals surface area (Å²) in [4.78, 5) is 12.0. The lowest BCUT2D eigenvalue weighted by molar-refractivity contribution is -0.143. The van der Waals surface area contributed by atoms with Gasteiger partial charge in [0.1, 0.15) is 17.3 Å². The molecule has 24 heavy (non-hydrogen) atoms. The van der Waals surface area contributed by atoms with Crippen LogP contribution in [0.4, 0.5) is 0 Å². The van der Waals surface area contributed by atoms with E-state index in [1.807, 2.05) is 24.3 Å². The Bertz CT molecular complexity index is 829. The van der Waals surface area contributed by atoms with Crippen molar-refractivity contribution in [2.45, 2.75) is 19.1 Å². The molecule has 0 saturated heterocycles. The number of para-hydroxylation sites is 1. The maximum atomic E-state index is 12.0. The molecular weight excluding hydrogens is 308 g/mol. The highest BCUT2D eigenvalue weighted by molar-refractivity contribution is 5.76. The van der Waals surface area contributed by atoms with Crippen molar-refractivity contribution in [3.63, 3.8) is 0 Å². The van der Waals surface area contributed by atoms with Crippen molar-refractivity contribution in [3.05, 3.63) is 54.1 Å². The Hall–Kier alpha value is -2.93. The second-order valence-corrected chi connectivity index (χ2v) is 5.39. The van der Waals surface area contributed by atoms with E-state index >= 15 is 0 Å². The zero-order chi connectivity index (χ0) is 16.9. The molecule has 0 aliphatic heterocycles. The van der Waals surface area contributed by atoms with Gasteiger partial charge in [-0.15, -0.1) is 5.10 Å². The van der Waals surface area contributed by atoms with Crippen LogP contribution in [0.5, 0.6) is 5.75 Å². The Morgan fingerprint density at radius 2 is 2.00 bits per heavy atom. The van der Waals surface area contributed by atoms with Crippen LogP contribution in [0.3, 0.4) is 0 Å². The van der Waals surface area contributed by atoms with E-state index in [0.29, 0.717) is 13.1 Å². The number of aromatic hydroxyl groups is 1. The minimum Gasteiger partial charge on any atom is -0.508 e. The molecule has 0 spiro atoms. The normalized spacial score (nSPS) is 12.2. The van der Waals surface area contributed by atoms with Crippen LogP contribution in [0.2, 0.25) is 0 Å². The predicted molar refractivity (Wildman–Crippen MR) is 88.3 cm³/mol. The van der Waals surface area contributed by atoms with Gasteiger partial charge in [-0.1, -0.05) is 29.5 Å². The lowest BCUT2D eigenvalue weighted by atomic mass is 10.1. The number of phenols is 1. The molecule has 0 amide bonds. The van der Waals surface area contributed by atoms with Crippen LogP contribution >= 0.6 is 0 Å². The van der Waals surface area contributed by atoms with Crippen LogP contribution in [0.25, 0.3) is 11.0 Å². The quantitative estimate of drug-likeness (QED) is 0.667. The molecule has 0 aliphatic rings. The number of phenolic OH excluding ortho intramolecular Hbond substituents is 1. The highest BCUT2D eigenvalue weighted by atomic mass is 16.5. The molecule has 3 aromatic rings. The minimum atomic E-state index is -0.525. The summed E-state index contributed by atoms with van der Waals surface area (Å²) in [5.41, 5.74) is 2.60. The summed E-state index contributed by atoms with van der Waals surface area (Å²) in [5.74, 6) is -0.164. The number of esters is 1. The Labute approximate surface area is 138 Å². The van der Waals surface area contributed by atoms with Gasteiger partial charge in [-0.25, -0.2) is 4.68 Å². The molecule has 1 unspecified atom stereocenters. The molecule has 0 aliphatic carbocycles. The Balaban J connectivity index is 1.72. The van der Waals surface area contributed by atoms with Crippen molar-refractivity contribution in [1.82, 2.24) is 20.3 Å². The smallest absolute Gasteiger partial charge is 0.323 e. The molecule has 1 heterocycles. The van der Waals surface area contributed by atoms with E-state index in [1.165, 1.54) is 7.11 Å². The van der Waals surface area contributed by atoms with Gasteiger partial charge in [0.05, 0.1) is 19.3 Å². The average molecular weight is 326 g/mol. The third kappa shape index (κ3) is 3.52. The number of benzene rings is 2. The molecule has 1 aromatic heterocycles. The number of nitrogens with zero attached hydrogens (tertiary/aromatic N) is 3. The fraction of sp³-hybridized carbons (Fsp3) is 0.235. The molecule has 0 bridgehead atoms. The van der Waals surface area contributed by atoms with Gasteiger partial charge >= 0.3 is 5.97 Å². The zero-order valence-corrected chi connectivity index (χ0v) is 13.2. The summed E-state index contributed by atoms with van der Waals surface area (Å²) in [5, 5.41) is 20.7. The monoisotopic (exact) mass is 326 g/mol. The van der Waals surface area contributed by atoms with E-state index < -0.39 is 6.04 Å². The van der Waals surface area contributed by atoms with Gasteiger partial charge in [0.2, 0.25) is 0 Å². The number of hydrogen-bond acceptors (Lipinski definition) is 6. The third-order valence-electron chi connectivity index (χ3n) is 3.77. The third-order valence-corrected chi connectivity index (χ3v) is 3.77. The highest BCUT2D eigenvalue weighted by Gasteiger charge is 2.19. The molecule has 1 atom stereocenters. The van der Waals surface area contributed by atoms with Crippen molar-refractivity contribution < 1.29 is 14.6 Å². The first-order chi connectivity index (χ1) is 11.7. The lowest BCUT2D eigenvalue weighted by Crippen LogP contribution is -2.40. The number of carbonyl (C=O) groups is 1. The maximum absolute atomic E-state index is 12.0. The van der Waals surface area contributed by atoms with Crippen molar-refractivity contribution in [3.8, 4) is 5.75 Å². The van der Waals surface area contributed by atoms with Crippen LogP contribution < -0.4 is 5.32 Å². The summed E-state index contributed by atoms with van der Waals surface area (Å²) in [6, 6.07) is 13.8. The van der Waals surface area contributed by atoms with Gasteiger partial charge in [-0.2, -0.15) is 0 Å². The zero-order valence-electron chi connectivity index (χ0n) is 13.2. The summed E-state index contributed by atoms with van der Waals surface area (Å²) in [6.07, 6.45) is 0.444. The molecule has 2 aromatic carbocycles. The van der Waals surface area contributed by atoms with Crippen molar-refractivity contribution in [2.75, 3.05) is 7.11 Å². The van der Waals surface area contributed by atoms with Gasteiger partial charge in [0.25, 0.3) is 0 Å². The van der Waals surface area contributed by atoms with Crippen LogP contribution in [-0.4, -0.2) is 39.2 Å². The van der Waals surface area contributed by atoms with Crippen molar-refractivity contribution >= 4 is 17.0 Å². The molecule has 0 radical (unpaired) electrons. The second kappa shape index (κ2) is 7.10. The molecule has 3 rings (SSSR count). The standard InChI is InChI=1S/C17H18N4O3/c1-24-17(23)15(10-12-6-8-13(22)9-7-12)18-11-21-16-5-3-2-4-14(16)19-20-21/h2-9,15,18,22H,10-11H2,1H3. The largest absolute Gasteiger partial charge is 0.508 e. The van der Waals surface area contributed by atoms with E-state index in [-0.39, 0.29) is 11.7 Å². The summed E-state index contributed by atoms with van der Waals surface area (Å²) >= 11 is 0. The molecule has 7 nitrogen and oxygen atoms in total. The van der Waals surface area contributed by atoms with E-state index in [2.05, 4.69) is 15.6 Å². The van der Waals surface area contributed by atoms with Crippen molar-refractivity contribution in [1.29, 1.82) is 0 Å². The predicted octanol–water partition coefficient (Wildman–Crippen LogP) is 1.47. The van der Waals surface area contributed by atoms with Gasteiger partial charge in [0.15, 0.2) is 0 Å². The molecule has 0 saturated carbocycles. The van der Waals surface area contributed by atoms with E-state index in [4.69, 9.17) is 4.74 Å². The van der Waals surface area contributed by atoms with E-state index in [9.17, 15) is 9.90 Å². The number of hydrogen-bond donors (Lipinski definition) is 2. The number of fused-ring (bicyclic) bond motifs is 1. The number of methoxy groups -OCH3 is 1. The number of carbonyl (C=O) groups excluding carboxylic acids is 1. The summed E-state index contributed by atoms with van der Waals surface area (Å²) in [7, 11) is 1.36. The average Bonchev–Trinajstić information content (AvgIpc) is 3.03. The van der Waals surface area contributed by atoms with Crippen LogP contribution in [0.1, 0.15) is 5.56 Å². The number of rotatable bonds is 6. The van der Waals surface area contributed by atoms with Crippen LogP contribution in [0.15, 0.2) is 48.5 Å². The Morgan fingerprint density at radius 3 is 2.75 bits per heavy atom. The summed E-state index contributed by atoms with van der Waals surface area (Å²) < 4.78 is 6.57. The van der Waals surface area contributed by atoms with Gasteiger partial charge in [-0.3, -0.25) is 10.1 Å². The van der Waals surface area contributed by atoms with E-state index in [1.54, 1.807) is 28.9 Å². The molecule has 0 fully saturated rings. The van der Waals surface area contributed by atoms with Crippen molar-refractivity contribution in [2.24, 2.45) is 0 Å². The second-order valence-electron chi connectivity index (χ2n) is 5.39. The lowest BCUT2D eigenvalue weighted by Gasteiger charge is -2.16. The van der Waals surface area contributed by atoms with Gasteiger partial charge < -0.3 is 9.84 Å². The summed E-state index contributed by atoms with van der Waals surface area (Å²) in [6.45, 7) is 0.332.